The molecule has 1 saturated heterocycles. The maximum Gasteiger partial charge on any atom is 0.264 e. The first-order chi connectivity index (χ1) is 10.7. The first kappa shape index (κ1) is 13.5. The van der Waals surface area contributed by atoms with Gasteiger partial charge >= 0.3 is 0 Å². The highest BCUT2D eigenvalue weighted by Gasteiger charge is 2.33. The Morgan fingerprint density at radius 2 is 2.18 bits per heavy atom. The van der Waals surface area contributed by atoms with Gasteiger partial charge in [0.1, 0.15) is 5.82 Å². The molecule has 1 amide bonds. The summed E-state index contributed by atoms with van der Waals surface area (Å²) in [5.74, 6) is 1.03. The smallest absolute Gasteiger partial charge is 0.264 e. The minimum absolute atomic E-state index is 0.0577. The molecule has 0 spiro atoms. The number of hydrogen-bond acceptors (Lipinski definition) is 3. The van der Waals surface area contributed by atoms with Gasteiger partial charge < -0.3 is 9.88 Å². The Kier molecular flexibility index (Phi) is 3.22. The van der Waals surface area contributed by atoms with Gasteiger partial charge in [-0.15, -0.1) is 11.3 Å². The number of aromatic amines is 1. The van der Waals surface area contributed by atoms with Crippen molar-refractivity contribution in [2.75, 3.05) is 6.54 Å². The fourth-order valence-corrected chi connectivity index (χ4v) is 3.94. The van der Waals surface area contributed by atoms with E-state index >= 15 is 0 Å². The third-order valence-electron chi connectivity index (χ3n) is 4.19. The number of hydrogen-bond donors (Lipinski definition) is 1. The van der Waals surface area contributed by atoms with E-state index in [0.717, 1.165) is 41.1 Å². The van der Waals surface area contributed by atoms with Crippen LogP contribution in [0.2, 0.25) is 0 Å². The summed E-state index contributed by atoms with van der Waals surface area (Å²) in [7, 11) is 0. The van der Waals surface area contributed by atoms with Gasteiger partial charge in [-0.2, -0.15) is 0 Å². The highest BCUT2D eigenvalue weighted by Crippen LogP contribution is 2.33. The number of nitrogens with one attached hydrogen (secondary N) is 1. The van der Waals surface area contributed by atoms with E-state index in [1.165, 1.54) is 4.88 Å². The molecule has 1 atom stereocenters. The van der Waals surface area contributed by atoms with Crippen molar-refractivity contribution in [1.82, 2.24) is 14.9 Å². The van der Waals surface area contributed by atoms with Gasteiger partial charge in [0.15, 0.2) is 0 Å². The normalized spacial score (nSPS) is 18.2. The molecule has 3 heterocycles. The molecule has 3 aromatic rings. The number of aromatic nitrogens is 2. The maximum absolute atomic E-state index is 12.8. The van der Waals surface area contributed by atoms with E-state index in [1.54, 1.807) is 11.3 Å². The van der Waals surface area contributed by atoms with E-state index < -0.39 is 0 Å². The number of carbonyl (C=O) groups is 1. The predicted octanol–water partition coefficient (Wildman–Crippen LogP) is 3.91. The second-order valence-electron chi connectivity index (χ2n) is 5.71. The monoisotopic (exact) mass is 311 g/mol. The topological polar surface area (TPSA) is 49.0 Å². The molecule has 1 unspecified atom stereocenters. The maximum atomic E-state index is 12.8. The zero-order chi connectivity index (χ0) is 15.1. The fourth-order valence-electron chi connectivity index (χ4n) is 3.12. The van der Waals surface area contributed by atoms with Crippen LogP contribution in [0, 0.1) is 6.92 Å². The van der Waals surface area contributed by atoms with Crippen LogP contribution in [0.25, 0.3) is 11.0 Å². The van der Waals surface area contributed by atoms with Crippen molar-refractivity contribution in [3.8, 4) is 0 Å². The lowest BCUT2D eigenvalue weighted by atomic mass is 10.2. The minimum atomic E-state index is 0.0577. The zero-order valence-corrected chi connectivity index (χ0v) is 13.2. The van der Waals surface area contributed by atoms with Gasteiger partial charge in [0.2, 0.25) is 0 Å². The summed E-state index contributed by atoms with van der Waals surface area (Å²) in [5.41, 5.74) is 1.99. The molecule has 2 aromatic heterocycles. The quantitative estimate of drug-likeness (QED) is 0.780. The average molecular weight is 311 g/mol. The number of rotatable bonds is 2. The zero-order valence-electron chi connectivity index (χ0n) is 12.4. The highest BCUT2D eigenvalue weighted by molar-refractivity contribution is 7.13. The van der Waals surface area contributed by atoms with Crippen LogP contribution in [-0.4, -0.2) is 27.3 Å². The van der Waals surface area contributed by atoms with E-state index in [9.17, 15) is 4.79 Å². The average Bonchev–Trinajstić information content (AvgIpc) is 3.24. The van der Waals surface area contributed by atoms with Crippen molar-refractivity contribution < 1.29 is 4.79 Å². The number of likely N-dealkylation sites (tertiary alicyclic amines) is 1. The third-order valence-corrected chi connectivity index (χ3v) is 5.18. The van der Waals surface area contributed by atoms with Gasteiger partial charge in [-0.1, -0.05) is 12.1 Å². The predicted molar refractivity (Wildman–Crippen MR) is 88.2 cm³/mol. The molecule has 1 aliphatic rings. The van der Waals surface area contributed by atoms with Gasteiger partial charge in [0.05, 0.1) is 22.0 Å². The molecular weight excluding hydrogens is 294 g/mol. The largest absolute Gasteiger partial charge is 0.340 e. The molecule has 4 nitrogen and oxygen atoms in total. The van der Waals surface area contributed by atoms with E-state index in [0.29, 0.717) is 0 Å². The molecule has 1 aromatic carbocycles. The highest BCUT2D eigenvalue weighted by atomic mass is 32.1. The lowest BCUT2D eigenvalue weighted by Crippen LogP contribution is -2.30. The van der Waals surface area contributed by atoms with E-state index in [-0.39, 0.29) is 11.9 Å². The summed E-state index contributed by atoms with van der Waals surface area (Å²) in [4.78, 5) is 24.8. The van der Waals surface area contributed by atoms with Crippen molar-refractivity contribution in [1.29, 1.82) is 0 Å². The first-order valence-electron chi connectivity index (χ1n) is 7.54. The van der Waals surface area contributed by atoms with Crippen LogP contribution in [0.3, 0.4) is 0 Å². The fraction of sp³-hybridized carbons (Fsp3) is 0.294. The van der Waals surface area contributed by atoms with Crippen molar-refractivity contribution in [3.05, 3.63) is 52.0 Å². The number of H-pyrrole nitrogens is 1. The number of para-hydroxylation sites is 2. The Morgan fingerprint density at radius 3 is 2.95 bits per heavy atom. The third kappa shape index (κ3) is 2.22. The Bertz CT molecular complexity index is 802. The molecule has 112 valence electrons. The molecule has 22 heavy (non-hydrogen) atoms. The molecule has 0 radical (unpaired) electrons. The number of imidazole rings is 1. The summed E-state index contributed by atoms with van der Waals surface area (Å²) >= 11 is 1.56. The number of aryl methyl sites for hydroxylation is 1. The van der Waals surface area contributed by atoms with Crippen molar-refractivity contribution in [2.45, 2.75) is 25.8 Å². The van der Waals surface area contributed by atoms with Gasteiger partial charge in [-0.3, -0.25) is 4.79 Å². The van der Waals surface area contributed by atoms with Crippen LogP contribution in [0.15, 0.2) is 36.4 Å². The Hall–Kier alpha value is -2.14. The SMILES string of the molecule is Cc1ccc(C(=O)N2CCCC2c2nc3ccccc3[nH]2)s1. The Morgan fingerprint density at radius 1 is 1.32 bits per heavy atom. The molecule has 0 saturated carbocycles. The number of nitrogens with zero attached hydrogens (tertiary/aromatic N) is 2. The van der Waals surface area contributed by atoms with Gasteiger partial charge in [-0.25, -0.2) is 4.98 Å². The second-order valence-corrected chi connectivity index (χ2v) is 6.99. The van der Waals surface area contributed by atoms with E-state index in [1.807, 2.05) is 48.2 Å². The number of thiophene rings is 1. The molecular formula is C17H17N3OS. The molecule has 4 rings (SSSR count). The lowest BCUT2D eigenvalue weighted by molar-refractivity contribution is 0.0735. The molecule has 1 fully saturated rings. The summed E-state index contributed by atoms with van der Waals surface area (Å²) in [6, 6.07) is 12.0. The second kappa shape index (κ2) is 5.25. The number of carbonyl (C=O) groups excluding carboxylic acids is 1. The minimum Gasteiger partial charge on any atom is -0.340 e. The molecule has 1 N–H and O–H groups in total. The molecule has 1 aliphatic heterocycles. The van der Waals surface area contributed by atoms with Crippen LogP contribution in [0.5, 0.6) is 0 Å². The van der Waals surface area contributed by atoms with Crippen LogP contribution >= 0.6 is 11.3 Å². The van der Waals surface area contributed by atoms with Crippen LogP contribution in [0.4, 0.5) is 0 Å². The Balaban J connectivity index is 1.67. The molecule has 5 heteroatoms. The lowest BCUT2D eigenvalue weighted by Gasteiger charge is -2.22. The number of amides is 1. The van der Waals surface area contributed by atoms with Crippen LogP contribution in [0.1, 0.15) is 39.3 Å². The van der Waals surface area contributed by atoms with Crippen molar-refractivity contribution in [2.24, 2.45) is 0 Å². The molecule has 0 aliphatic carbocycles. The van der Waals surface area contributed by atoms with Crippen LogP contribution in [-0.2, 0) is 0 Å². The summed E-state index contributed by atoms with van der Waals surface area (Å²) in [5, 5.41) is 0. The van der Waals surface area contributed by atoms with Gasteiger partial charge in [0, 0.05) is 11.4 Å². The number of fused-ring (bicyclic) bond motifs is 1. The van der Waals surface area contributed by atoms with E-state index in [4.69, 9.17) is 0 Å². The van der Waals surface area contributed by atoms with Crippen molar-refractivity contribution >= 4 is 28.3 Å². The van der Waals surface area contributed by atoms with Crippen LogP contribution < -0.4 is 0 Å². The number of benzene rings is 1. The van der Waals surface area contributed by atoms with Crippen molar-refractivity contribution in [3.63, 3.8) is 0 Å². The van der Waals surface area contributed by atoms with Gasteiger partial charge in [0.25, 0.3) is 5.91 Å². The van der Waals surface area contributed by atoms with E-state index in [2.05, 4.69) is 9.97 Å². The summed E-state index contributed by atoms with van der Waals surface area (Å²) in [6.07, 6.45) is 1.99. The first-order valence-corrected chi connectivity index (χ1v) is 8.36. The summed E-state index contributed by atoms with van der Waals surface area (Å²) in [6.45, 7) is 2.83. The standard InChI is InChI=1S/C17H17N3OS/c1-11-8-9-15(22-11)17(21)20-10-4-7-14(20)16-18-12-5-2-3-6-13(12)19-16/h2-3,5-6,8-9,14H,4,7,10H2,1H3,(H,18,19). The summed E-state index contributed by atoms with van der Waals surface area (Å²) < 4.78 is 0. The Labute approximate surface area is 132 Å². The van der Waals surface area contributed by atoms with Gasteiger partial charge in [-0.05, 0) is 44.0 Å². The molecule has 0 bridgehead atoms.